The highest BCUT2D eigenvalue weighted by Crippen LogP contribution is 2.44. The van der Waals surface area contributed by atoms with Crippen molar-refractivity contribution in [3.63, 3.8) is 0 Å². The Hall–Kier alpha value is -1.41. The van der Waals surface area contributed by atoms with Crippen LogP contribution in [-0.2, 0) is 6.42 Å². The molecule has 0 saturated carbocycles. The highest BCUT2D eigenvalue weighted by atomic mass is 32.1. The molecule has 0 radical (unpaired) electrons. The summed E-state index contributed by atoms with van der Waals surface area (Å²) in [6, 6.07) is 6.85. The number of halogens is 1. The molecule has 1 aromatic heterocycles. The van der Waals surface area contributed by atoms with Crippen molar-refractivity contribution in [3.05, 3.63) is 62.1 Å². The summed E-state index contributed by atoms with van der Waals surface area (Å²) < 4.78 is 13.0. The van der Waals surface area contributed by atoms with Crippen molar-refractivity contribution in [2.45, 2.75) is 27.2 Å². The van der Waals surface area contributed by atoms with Gasteiger partial charge < -0.3 is 0 Å². The molecule has 0 amide bonds. The van der Waals surface area contributed by atoms with E-state index in [1.807, 2.05) is 23.5 Å². The average Bonchev–Trinajstić information content (AvgIpc) is 2.79. The first-order chi connectivity index (χ1) is 8.58. The Morgan fingerprint density at radius 1 is 1.06 bits per heavy atom. The predicted octanol–water partition coefficient (Wildman–Crippen LogP) is 4.88. The first kappa shape index (κ1) is 11.7. The van der Waals surface area contributed by atoms with E-state index >= 15 is 0 Å². The standard InChI is InChI=1S/C16H15FS/c1-9-8-14-10(2)11(3)18-16(14)15(9)12-4-6-13(17)7-5-12/h4-7H,8H2,1-3H3. The van der Waals surface area contributed by atoms with E-state index in [1.54, 1.807) is 12.1 Å². The van der Waals surface area contributed by atoms with Gasteiger partial charge in [0.2, 0.25) is 0 Å². The zero-order valence-electron chi connectivity index (χ0n) is 10.8. The first-order valence-electron chi connectivity index (χ1n) is 6.13. The maximum atomic E-state index is 13.0. The second kappa shape index (κ2) is 4.06. The van der Waals surface area contributed by atoms with Crippen molar-refractivity contribution >= 4 is 16.9 Å². The first-order valence-corrected chi connectivity index (χ1v) is 6.94. The van der Waals surface area contributed by atoms with Gasteiger partial charge in [-0.3, -0.25) is 0 Å². The minimum absolute atomic E-state index is 0.172. The second-order valence-electron chi connectivity index (χ2n) is 4.93. The monoisotopic (exact) mass is 258 g/mol. The highest BCUT2D eigenvalue weighted by Gasteiger charge is 2.25. The fraction of sp³-hybridized carbons (Fsp3) is 0.250. The molecule has 18 heavy (non-hydrogen) atoms. The summed E-state index contributed by atoms with van der Waals surface area (Å²) in [7, 11) is 0. The van der Waals surface area contributed by atoms with Crippen molar-refractivity contribution in [3.8, 4) is 0 Å². The lowest BCUT2D eigenvalue weighted by molar-refractivity contribution is 0.627. The lowest BCUT2D eigenvalue weighted by atomic mass is 10.0. The van der Waals surface area contributed by atoms with Gasteiger partial charge in [-0.1, -0.05) is 17.7 Å². The van der Waals surface area contributed by atoms with Crippen LogP contribution in [0.5, 0.6) is 0 Å². The third kappa shape index (κ3) is 1.64. The van der Waals surface area contributed by atoms with Crippen molar-refractivity contribution in [2.24, 2.45) is 0 Å². The van der Waals surface area contributed by atoms with Crippen LogP contribution in [0.25, 0.3) is 5.57 Å². The highest BCUT2D eigenvalue weighted by molar-refractivity contribution is 7.13. The summed E-state index contributed by atoms with van der Waals surface area (Å²) in [5.74, 6) is -0.172. The maximum absolute atomic E-state index is 13.0. The normalized spacial score (nSPS) is 14.2. The zero-order chi connectivity index (χ0) is 12.9. The number of benzene rings is 1. The number of rotatable bonds is 1. The summed E-state index contributed by atoms with van der Waals surface area (Å²) in [6.45, 7) is 6.56. The molecule has 1 heterocycles. The third-order valence-corrected chi connectivity index (χ3v) is 5.01. The van der Waals surface area contributed by atoms with Gasteiger partial charge in [0.05, 0.1) is 0 Å². The summed E-state index contributed by atoms with van der Waals surface area (Å²) in [5, 5.41) is 0. The largest absolute Gasteiger partial charge is 0.207 e. The molecule has 0 spiro atoms. The number of thiophene rings is 1. The van der Waals surface area contributed by atoms with E-state index in [9.17, 15) is 4.39 Å². The molecule has 2 heteroatoms. The van der Waals surface area contributed by atoms with E-state index < -0.39 is 0 Å². The van der Waals surface area contributed by atoms with E-state index in [0.29, 0.717) is 0 Å². The van der Waals surface area contributed by atoms with Crippen LogP contribution in [0.1, 0.15) is 33.4 Å². The molecule has 0 unspecified atom stereocenters. The molecule has 1 aliphatic rings. The Morgan fingerprint density at radius 2 is 1.72 bits per heavy atom. The number of hydrogen-bond donors (Lipinski definition) is 0. The Kier molecular flexibility index (Phi) is 2.63. The van der Waals surface area contributed by atoms with Crippen molar-refractivity contribution in [1.29, 1.82) is 0 Å². The van der Waals surface area contributed by atoms with Gasteiger partial charge in [0.1, 0.15) is 5.82 Å². The lowest BCUT2D eigenvalue weighted by Gasteiger charge is -2.05. The van der Waals surface area contributed by atoms with Gasteiger partial charge in [-0.25, -0.2) is 4.39 Å². The quantitative estimate of drug-likeness (QED) is 0.683. The van der Waals surface area contributed by atoms with E-state index in [-0.39, 0.29) is 5.82 Å². The molecule has 92 valence electrons. The fourth-order valence-corrected chi connectivity index (χ4v) is 3.96. The molecule has 0 atom stereocenters. The van der Waals surface area contributed by atoms with Crippen LogP contribution in [-0.4, -0.2) is 0 Å². The maximum Gasteiger partial charge on any atom is 0.123 e. The van der Waals surface area contributed by atoms with Crippen LogP contribution in [0.15, 0.2) is 29.8 Å². The van der Waals surface area contributed by atoms with Crippen molar-refractivity contribution in [1.82, 2.24) is 0 Å². The molecule has 1 aromatic carbocycles. The number of fused-ring (bicyclic) bond motifs is 1. The fourth-order valence-electron chi connectivity index (χ4n) is 2.63. The average molecular weight is 258 g/mol. The van der Waals surface area contributed by atoms with Gasteiger partial charge >= 0.3 is 0 Å². The Morgan fingerprint density at radius 3 is 2.39 bits per heavy atom. The molecule has 0 aliphatic heterocycles. The minimum atomic E-state index is -0.172. The van der Waals surface area contributed by atoms with Crippen LogP contribution in [0.2, 0.25) is 0 Å². The minimum Gasteiger partial charge on any atom is -0.207 e. The smallest absolute Gasteiger partial charge is 0.123 e. The van der Waals surface area contributed by atoms with Gasteiger partial charge in [-0.05, 0) is 61.6 Å². The van der Waals surface area contributed by atoms with Crippen LogP contribution < -0.4 is 0 Å². The summed E-state index contributed by atoms with van der Waals surface area (Å²) in [6.07, 6.45) is 1.04. The lowest BCUT2D eigenvalue weighted by Crippen LogP contribution is -1.85. The van der Waals surface area contributed by atoms with E-state index in [0.717, 1.165) is 12.0 Å². The molecule has 2 aromatic rings. The summed E-state index contributed by atoms with van der Waals surface area (Å²) in [4.78, 5) is 2.78. The molecule has 0 fully saturated rings. The van der Waals surface area contributed by atoms with E-state index in [1.165, 1.54) is 32.0 Å². The third-order valence-electron chi connectivity index (χ3n) is 3.74. The predicted molar refractivity (Wildman–Crippen MR) is 75.6 cm³/mol. The molecule has 3 rings (SSSR count). The zero-order valence-corrected chi connectivity index (χ0v) is 11.6. The molecular weight excluding hydrogens is 243 g/mol. The molecule has 1 aliphatic carbocycles. The van der Waals surface area contributed by atoms with Gasteiger partial charge in [0, 0.05) is 9.75 Å². The van der Waals surface area contributed by atoms with E-state index in [2.05, 4.69) is 20.8 Å². The molecule has 0 bridgehead atoms. The Bertz CT molecular complexity index is 644. The van der Waals surface area contributed by atoms with Gasteiger partial charge in [-0.2, -0.15) is 0 Å². The second-order valence-corrected chi connectivity index (χ2v) is 6.15. The number of aryl methyl sites for hydroxylation is 1. The SMILES string of the molecule is CC1=C(c2ccc(F)cc2)c2sc(C)c(C)c2C1. The number of allylic oxidation sites excluding steroid dienone is 1. The van der Waals surface area contributed by atoms with Crippen LogP contribution in [0, 0.1) is 19.7 Å². The Balaban J connectivity index is 2.16. The van der Waals surface area contributed by atoms with Gasteiger partial charge in [0.25, 0.3) is 0 Å². The van der Waals surface area contributed by atoms with Crippen LogP contribution in [0.3, 0.4) is 0 Å². The molecule has 0 saturated heterocycles. The van der Waals surface area contributed by atoms with Gasteiger partial charge in [-0.15, -0.1) is 11.3 Å². The summed E-state index contributed by atoms with van der Waals surface area (Å²) >= 11 is 1.86. The van der Waals surface area contributed by atoms with E-state index in [4.69, 9.17) is 0 Å². The number of hydrogen-bond acceptors (Lipinski definition) is 1. The van der Waals surface area contributed by atoms with Gasteiger partial charge in [0.15, 0.2) is 0 Å². The topological polar surface area (TPSA) is 0 Å². The van der Waals surface area contributed by atoms with Crippen LogP contribution in [0.4, 0.5) is 4.39 Å². The van der Waals surface area contributed by atoms with Crippen molar-refractivity contribution < 1.29 is 4.39 Å². The molecule has 0 nitrogen and oxygen atoms in total. The van der Waals surface area contributed by atoms with Crippen molar-refractivity contribution in [2.75, 3.05) is 0 Å². The molecular formula is C16H15FS. The van der Waals surface area contributed by atoms with Crippen LogP contribution >= 0.6 is 11.3 Å². The Labute approximate surface area is 111 Å². The summed E-state index contributed by atoms with van der Waals surface area (Å²) in [5.41, 5.74) is 6.73. The molecule has 0 N–H and O–H groups in total.